The number of benzene rings is 1. The molecular formula is C21H32O. The minimum atomic E-state index is 0.337. The van der Waals surface area contributed by atoms with Crippen LogP contribution in [0.4, 0.5) is 0 Å². The Balaban J connectivity index is 1.94. The van der Waals surface area contributed by atoms with Crippen LogP contribution in [0, 0.1) is 0 Å². The van der Waals surface area contributed by atoms with E-state index >= 15 is 0 Å². The van der Waals surface area contributed by atoms with E-state index in [2.05, 4.69) is 31.2 Å². The fourth-order valence-corrected chi connectivity index (χ4v) is 2.47. The van der Waals surface area contributed by atoms with E-state index in [-0.39, 0.29) is 0 Å². The van der Waals surface area contributed by atoms with Gasteiger partial charge in [-0.2, -0.15) is 0 Å². The molecule has 1 nitrogen and oxygen atoms in total. The summed E-state index contributed by atoms with van der Waals surface area (Å²) in [4.78, 5) is 0. The Kier molecular flexibility index (Phi) is 11.1. The van der Waals surface area contributed by atoms with Crippen LogP contribution in [-0.2, 0) is 0 Å². The van der Waals surface area contributed by atoms with E-state index in [0.717, 1.165) is 12.0 Å². The van der Waals surface area contributed by atoms with Crippen LogP contribution in [0.1, 0.15) is 76.7 Å². The Labute approximate surface area is 136 Å². The highest BCUT2D eigenvalue weighted by Crippen LogP contribution is 2.13. The molecular weight excluding hydrogens is 268 g/mol. The van der Waals surface area contributed by atoms with Gasteiger partial charge in [0.15, 0.2) is 0 Å². The van der Waals surface area contributed by atoms with Gasteiger partial charge in [0.25, 0.3) is 0 Å². The molecule has 0 saturated heterocycles. The summed E-state index contributed by atoms with van der Waals surface area (Å²) in [7, 11) is 0. The summed E-state index contributed by atoms with van der Waals surface area (Å²) in [6.45, 7) is 2.26. The number of aromatic hydroxyl groups is 1. The van der Waals surface area contributed by atoms with Crippen molar-refractivity contribution in [2.75, 3.05) is 0 Å². The Morgan fingerprint density at radius 3 is 2.09 bits per heavy atom. The predicted octanol–water partition coefficient (Wildman–Crippen LogP) is 6.88. The first-order valence-corrected chi connectivity index (χ1v) is 8.93. The molecule has 22 heavy (non-hydrogen) atoms. The number of rotatable bonds is 12. The number of unbranched alkanes of at least 4 members (excludes halogenated alkanes) is 8. The van der Waals surface area contributed by atoms with Crippen LogP contribution in [0.15, 0.2) is 42.5 Å². The van der Waals surface area contributed by atoms with Gasteiger partial charge in [-0.25, -0.2) is 0 Å². The Hall–Kier alpha value is -1.50. The molecule has 0 aliphatic rings. The molecule has 0 spiro atoms. The monoisotopic (exact) mass is 300 g/mol. The Morgan fingerprint density at radius 1 is 0.818 bits per heavy atom. The van der Waals surface area contributed by atoms with Crippen LogP contribution in [0.25, 0.3) is 6.08 Å². The quantitative estimate of drug-likeness (QED) is 0.329. The minimum Gasteiger partial charge on any atom is -0.508 e. The van der Waals surface area contributed by atoms with E-state index in [0.29, 0.717) is 5.75 Å². The highest BCUT2D eigenvalue weighted by Gasteiger charge is 1.90. The minimum absolute atomic E-state index is 0.337. The molecule has 1 aromatic rings. The summed E-state index contributed by atoms with van der Waals surface area (Å²) in [5.41, 5.74) is 1.08. The third-order valence-electron chi connectivity index (χ3n) is 3.81. The molecule has 122 valence electrons. The van der Waals surface area contributed by atoms with Crippen LogP contribution in [0.3, 0.4) is 0 Å². The van der Waals surface area contributed by atoms with Gasteiger partial charge in [0.1, 0.15) is 5.75 Å². The highest BCUT2D eigenvalue weighted by atomic mass is 16.3. The molecule has 0 aromatic heterocycles. The molecule has 0 amide bonds. The summed E-state index contributed by atoms with van der Waals surface area (Å²) >= 11 is 0. The van der Waals surface area contributed by atoms with Crippen LogP contribution in [0.5, 0.6) is 5.75 Å². The average Bonchev–Trinajstić information content (AvgIpc) is 2.52. The molecule has 0 unspecified atom stereocenters. The zero-order valence-electron chi connectivity index (χ0n) is 14.1. The molecule has 0 fully saturated rings. The van der Waals surface area contributed by atoms with E-state index in [4.69, 9.17) is 0 Å². The SMILES string of the molecule is CCCCCCC=CCCCCCC=Cc1cccc(O)c1. The second-order valence-corrected chi connectivity index (χ2v) is 5.96. The fourth-order valence-electron chi connectivity index (χ4n) is 2.47. The van der Waals surface area contributed by atoms with Gasteiger partial charge >= 0.3 is 0 Å². The first-order chi connectivity index (χ1) is 10.8. The predicted molar refractivity (Wildman–Crippen MR) is 98.1 cm³/mol. The summed E-state index contributed by atoms with van der Waals surface area (Å²) in [6.07, 6.45) is 21.9. The topological polar surface area (TPSA) is 20.2 Å². The van der Waals surface area contributed by atoms with Crippen molar-refractivity contribution in [3.8, 4) is 5.75 Å². The van der Waals surface area contributed by atoms with Gasteiger partial charge in [-0.05, 0) is 56.2 Å². The molecule has 0 aliphatic heterocycles. The summed E-state index contributed by atoms with van der Waals surface area (Å²) < 4.78 is 0. The number of hydrogen-bond donors (Lipinski definition) is 1. The van der Waals surface area contributed by atoms with Crippen molar-refractivity contribution >= 4 is 6.08 Å². The van der Waals surface area contributed by atoms with E-state index in [1.54, 1.807) is 12.1 Å². The Bertz CT molecular complexity index is 431. The molecule has 1 rings (SSSR count). The van der Waals surface area contributed by atoms with Gasteiger partial charge in [0.2, 0.25) is 0 Å². The lowest BCUT2D eigenvalue weighted by molar-refractivity contribution is 0.475. The van der Waals surface area contributed by atoms with E-state index in [9.17, 15) is 5.11 Å². The smallest absolute Gasteiger partial charge is 0.116 e. The lowest BCUT2D eigenvalue weighted by Gasteiger charge is -1.97. The number of phenolic OH excluding ortho intramolecular Hbond substituents is 1. The molecule has 0 radical (unpaired) electrons. The van der Waals surface area contributed by atoms with Gasteiger partial charge < -0.3 is 5.11 Å². The van der Waals surface area contributed by atoms with Crippen molar-refractivity contribution in [3.05, 3.63) is 48.1 Å². The molecule has 0 bridgehead atoms. The van der Waals surface area contributed by atoms with Gasteiger partial charge in [-0.1, -0.05) is 69.0 Å². The summed E-state index contributed by atoms with van der Waals surface area (Å²) in [6, 6.07) is 7.39. The zero-order chi connectivity index (χ0) is 15.9. The lowest BCUT2D eigenvalue weighted by Crippen LogP contribution is -1.77. The van der Waals surface area contributed by atoms with Crippen molar-refractivity contribution < 1.29 is 5.11 Å². The second kappa shape index (κ2) is 13.2. The van der Waals surface area contributed by atoms with E-state index < -0.39 is 0 Å². The third-order valence-corrected chi connectivity index (χ3v) is 3.81. The molecule has 0 aliphatic carbocycles. The first kappa shape index (κ1) is 18.5. The Morgan fingerprint density at radius 2 is 1.45 bits per heavy atom. The van der Waals surface area contributed by atoms with Gasteiger partial charge in [0.05, 0.1) is 0 Å². The molecule has 0 atom stereocenters. The lowest BCUT2D eigenvalue weighted by atomic mass is 10.1. The molecule has 0 heterocycles. The van der Waals surface area contributed by atoms with Crippen molar-refractivity contribution in [1.29, 1.82) is 0 Å². The van der Waals surface area contributed by atoms with Crippen molar-refractivity contribution in [2.24, 2.45) is 0 Å². The highest BCUT2D eigenvalue weighted by molar-refractivity contribution is 5.51. The maximum Gasteiger partial charge on any atom is 0.116 e. The fraction of sp³-hybridized carbons (Fsp3) is 0.524. The maximum absolute atomic E-state index is 9.38. The van der Waals surface area contributed by atoms with Crippen LogP contribution < -0.4 is 0 Å². The number of allylic oxidation sites excluding steroid dienone is 3. The van der Waals surface area contributed by atoms with E-state index in [1.165, 1.54) is 57.8 Å². The zero-order valence-corrected chi connectivity index (χ0v) is 14.1. The van der Waals surface area contributed by atoms with E-state index in [1.807, 2.05) is 12.1 Å². The first-order valence-electron chi connectivity index (χ1n) is 8.93. The van der Waals surface area contributed by atoms with Crippen LogP contribution in [0.2, 0.25) is 0 Å². The summed E-state index contributed by atoms with van der Waals surface area (Å²) in [5, 5.41) is 9.38. The van der Waals surface area contributed by atoms with Crippen LogP contribution >= 0.6 is 0 Å². The average molecular weight is 300 g/mol. The summed E-state index contributed by atoms with van der Waals surface area (Å²) in [5.74, 6) is 0.337. The van der Waals surface area contributed by atoms with Crippen molar-refractivity contribution in [1.82, 2.24) is 0 Å². The molecule has 1 N–H and O–H groups in total. The van der Waals surface area contributed by atoms with Crippen LogP contribution in [-0.4, -0.2) is 5.11 Å². The van der Waals surface area contributed by atoms with Gasteiger partial charge in [-0.3, -0.25) is 0 Å². The normalized spacial score (nSPS) is 11.7. The largest absolute Gasteiger partial charge is 0.508 e. The molecule has 1 heteroatoms. The van der Waals surface area contributed by atoms with Gasteiger partial charge in [-0.15, -0.1) is 0 Å². The second-order valence-electron chi connectivity index (χ2n) is 5.96. The standard InChI is InChI=1S/C21H32O/c1-2-3-4-5-6-7-8-9-10-11-12-13-14-16-20-17-15-18-21(22)19-20/h7-8,14-19,22H,2-6,9-13H2,1H3. The number of phenols is 1. The molecule has 0 saturated carbocycles. The van der Waals surface area contributed by atoms with Crippen molar-refractivity contribution in [3.63, 3.8) is 0 Å². The van der Waals surface area contributed by atoms with Gasteiger partial charge in [0, 0.05) is 0 Å². The number of hydrogen-bond acceptors (Lipinski definition) is 1. The molecule has 1 aromatic carbocycles. The maximum atomic E-state index is 9.38. The third kappa shape index (κ3) is 10.3. The van der Waals surface area contributed by atoms with Crippen molar-refractivity contribution in [2.45, 2.75) is 71.1 Å².